The highest BCUT2D eigenvalue weighted by molar-refractivity contribution is 5.57. The maximum absolute atomic E-state index is 4.61. The Morgan fingerprint density at radius 2 is 1.97 bits per heavy atom. The Balaban J connectivity index is 1.32. The van der Waals surface area contributed by atoms with Gasteiger partial charge in [-0.3, -0.25) is 4.90 Å². The van der Waals surface area contributed by atoms with Crippen LogP contribution in [-0.4, -0.2) is 46.5 Å². The highest BCUT2D eigenvalue weighted by Gasteiger charge is 2.22. The molecule has 6 heteroatoms. The van der Waals surface area contributed by atoms with Crippen molar-refractivity contribution >= 4 is 17.6 Å². The predicted octanol–water partition coefficient (Wildman–Crippen LogP) is 3.88. The Morgan fingerprint density at radius 1 is 1.10 bits per heavy atom. The van der Waals surface area contributed by atoms with Crippen LogP contribution in [0.15, 0.2) is 60.9 Å². The molecule has 1 saturated heterocycles. The SMILES string of the molecule is Cc1cccc(N(C)c2ncnc(NC[C@H]3CCN(Cc4ccccc4)C3)n2)c1. The van der Waals surface area contributed by atoms with E-state index in [2.05, 4.69) is 80.6 Å². The van der Waals surface area contributed by atoms with Gasteiger partial charge in [0.15, 0.2) is 0 Å². The fraction of sp³-hybridized carbons (Fsp3) is 0.348. The van der Waals surface area contributed by atoms with Crippen LogP contribution >= 0.6 is 0 Å². The predicted molar refractivity (Wildman–Crippen MR) is 117 cm³/mol. The van der Waals surface area contributed by atoms with E-state index in [1.165, 1.54) is 17.5 Å². The van der Waals surface area contributed by atoms with Crippen molar-refractivity contribution in [3.8, 4) is 0 Å². The van der Waals surface area contributed by atoms with Gasteiger partial charge in [0.2, 0.25) is 11.9 Å². The van der Waals surface area contributed by atoms with Gasteiger partial charge < -0.3 is 10.2 Å². The summed E-state index contributed by atoms with van der Waals surface area (Å²) in [6.45, 7) is 6.22. The summed E-state index contributed by atoms with van der Waals surface area (Å²) in [5, 5.41) is 3.41. The van der Waals surface area contributed by atoms with E-state index in [1.807, 2.05) is 18.0 Å². The third kappa shape index (κ3) is 5.09. The minimum atomic E-state index is 0.605. The molecule has 0 spiro atoms. The van der Waals surface area contributed by atoms with E-state index in [0.717, 1.165) is 31.9 Å². The molecule has 2 aromatic carbocycles. The molecule has 1 aliphatic heterocycles. The van der Waals surface area contributed by atoms with Crippen LogP contribution in [0, 0.1) is 12.8 Å². The standard InChI is InChI=1S/C23H28N6/c1-18-7-6-10-21(13-18)28(2)23-26-17-25-22(27-23)24-14-20-11-12-29(16-20)15-19-8-4-3-5-9-19/h3-10,13,17,20H,11-12,14-16H2,1-2H3,(H,24,25,26,27)/t20-/m1/s1. The van der Waals surface area contributed by atoms with Crippen molar-refractivity contribution in [2.24, 2.45) is 5.92 Å². The molecule has 0 radical (unpaired) electrons. The number of benzene rings is 2. The third-order valence-corrected chi connectivity index (χ3v) is 5.42. The number of likely N-dealkylation sites (tertiary alicyclic amines) is 1. The smallest absolute Gasteiger partial charge is 0.234 e. The van der Waals surface area contributed by atoms with Crippen LogP contribution in [0.5, 0.6) is 0 Å². The number of hydrogen-bond acceptors (Lipinski definition) is 6. The zero-order valence-corrected chi connectivity index (χ0v) is 17.1. The fourth-order valence-electron chi connectivity index (χ4n) is 3.79. The summed E-state index contributed by atoms with van der Waals surface area (Å²) < 4.78 is 0. The first-order valence-electron chi connectivity index (χ1n) is 10.2. The molecule has 1 N–H and O–H groups in total. The van der Waals surface area contributed by atoms with Crippen LogP contribution < -0.4 is 10.2 Å². The zero-order chi connectivity index (χ0) is 20.1. The van der Waals surface area contributed by atoms with Crippen molar-refractivity contribution in [1.29, 1.82) is 0 Å². The maximum Gasteiger partial charge on any atom is 0.234 e. The monoisotopic (exact) mass is 388 g/mol. The van der Waals surface area contributed by atoms with Gasteiger partial charge in [-0.2, -0.15) is 4.98 Å². The Labute approximate surface area is 172 Å². The number of nitrogens with one attached hydrogen (secondary N) is 1. The molecule has 2 heterocycles. The number of rotatable bonds is 7. The maximum atomic E-state index is 4.61. The molecule has 29 heavy (non-hydrogen) atoms. The van der Waals surface area contributed by atoms with E-state index < -0.39 is 0 Å². The van der Waals surface area contributed by atoms with Crippen molar-refractivity contribution in [2.75, 3.05) is 36.9 Å². The van der Waals surface area contributed by atoms with Crippen molar-refractivity contribution in [3.05, 3.63) is 72.1 Å². The quantitative estimate of drug-likeness (QED) is 0.663. The van der Waals surface area contributed by atoms with Crippen molar-refractivity contribution in [1.82, 2.24) is 19.9 Å². The number of aromatic nitrogens is 3. The van der Waals surface area contributed by atoms with E-state index in [4.69, 9.17) is 0 Å². The van der Waals surface area contributed by atoms with Gasteiger partial charge in [-0.05, 0) is 49.1 Å². The molecule has 0 unspecified atom stereocenters. The van der Waals surface area contributed by atoms with Gasteiger partial charge in [0.05, 0.1) is 0 Å². The topological polar surface area (TPSA) is 57.2 Å². The van der Waals surface area contributed by atoms with Crippen LogP contribution in [0.25, 0.3) is 0 Å². The lowest BCUT2D eigenvalue weighted by Gasteiger charge is -2.18. The largest absolute Gasteiger partial charge is 0.354 e. The molecule has 1 fully saturated rings. The molecule has 1 atom stereocenters. The summed E-state index contributed by atoms with van der Waals surface area (Å²) in [5.74, 6) is 1.88. The first-order valence-corrected chi connectivity index (χ1v) is 10.2. The minimum absolute atomic E-state index is 0.605. The molecule has 1 aliphatic rings. The average Bonchev–Trinajstić information content (AvgIpc) is 3.20. The summed E-state index contributed by atoms with van der Waals surface area (Å²) in [6.07, 6.45) is 2.77. The van der Waals surface area contributed by atoms with Gasteiger partial charge in [-0.1, -0.05) is 42.5 Å². The summed E-state index contributed by atoms with van der Waals surface area (Å²) in [5.41, 5.74) is 3.65. The highest BCUT2D eigenvalue weighted by Crippen LogP contribution is 2.22. The Morgan fingerprint density at radius 3 is 2.79 bits per heavy atom. The van der Waals surface area contributed by atoms with Crippen LogP contribution in [0.2, 0.25) is 0 Å². The van der Waals surface area contributed by atoms with Gasteiger partial charge in [0, 0.05) is 32.4 Å². The molecular formula is C23H28N6. The number of anilines is 3. The Bertz CT molecular complexity index is 929. The summed E-state index contributed by atoms with van der Waals surface area (Å²) in [6, 6.07) is 19.0. The van der Waals surface area contributed by atoms with Gasteiger partial charge in [0.1, 0.15) is 6.33 Å². The van der Waals surface area contributed by atoms with Crippen LogP contribution in [0.3, 0.4) is 0 Å². The second-order valence-corrected chi connectivity index (χ2v) is 7.76. The van der Waals surface area contributed by atoms with Gasteiger partial charge in [-0.25, -0.2) is 9.97 Å². The molecule has 1 aromatic heterocycles. The van der Waals surface area contributed by atoms with Crippen LogP contribution in [0.1, 0.15) is 17.5 Å². The molecule has 4 rings (SSSR count). The summed E-state index contributed by atoms with van der Waals surface area (Å²) in [7, 11) is 1.98. The van der Waals surface area contributed by atoms with Crippen molar-refractivity contribution in [3.63, 3.8) is 0 Å². The summed E-state index contributed by atoms with van der Waals surface area (Å²) >= 11 is 0. The lowest BCUT2D eigenvalue weighted by molar-refractivity contribution is 0.319. The van der Waals surface area contributed by atoms with Gasteiger partial charge >= 0.3 is 0 Å². The second kappa shape index (κ2) is 9.01. The zero-order valence-electron chi connectivity index (χ0n) is 17.1. The normalized spacial score (nSPS) is 16.7. The lowest BCUT2D eigenvalue weighted by Crippen LogP contribution is -2.23. The van der Waals surface area contributed by atoms with Gasteiger partial charge in [0.25, 0.3) is 0 Å². The van der Waals surface area contributed by atoms with E-state index >= 15 is 0 Å². The molecule has 3 aromatic rings. The van der Waals surface area contributed by atoms with E-state index in [9.17, 15) is 0 Å². The van der Waals surface area contributed by atoms with Crippen LogP contribution in [0.4, 0.5) is 17.6 Å². The molecule has 0 amide bonds. The molecular weight excluding hydrogens is 360 g/mol. The van der Waals surface area contributed by atoms with Crippen molar-refractivity contribution in [2.45, 2.75) is 19.9 Å². The molecule has 6 nitrogen and oxygen atoms in total. The summed E-state index contributed by atoms with van der Waals surface area (Å²) in [4.78, 5) is 17.8. The Kier molecular flexibility index (Phi) is 6.00. The first kappa shape index (κ1) is 19.3. The van der Waals surface area contributed by atoms with E-state index in [1.54, 1.807) is 6.33 Å². The Hall–Kier alpha value is -2.99. The van der Waals surface area contributed by atoms with Gasteiger partial charge in [-0.15, -0.1) is 0 Å². The first-order chi connectivity index (χ1) is 14.2. The van der Waals surface area contributed by atoms with E-state index in [-0.39, 0.29) is 0 Å². The van der Waals surface area contributed by atoms with E-state index in [0.29, 0.717) is 17.8 Å². The minimum Gasteiger partial charge on any atom is -0.354 e. The fourth-order valence-corrected chi connectivity index (χ4v) is 3.79. The molecule has 150 valence electrons. The number of aryl methyl sites for hydroxylation is 1. The number of hydrogen-bond donors (Lipinski definition) is 1. The molecule has 0 bridgehead atoms. The average molecular weight is 389 g/mol. The molecule has 0 saturated carbocycles. The second-order valence-electron chi connectivity index (χ2n) is 7.76. The third-order valence-electron chi connectivity index (χ3n) is 5.42. The highest BCUT2D eigenvalue weighted by atomic mass is 15.3. The van der Waals surface area contributed by atoms with Crippen LogP contribution in [-0.2, 0) is 6.54 Å². The van der Waals surface area contributed by atoms with Crippen molar-refractivity contribution < 1.29 is 0 Å². The number of nitrogens with zero attached hydrogens (tertiary/aromatic N) is 5. The molecule has 0 aliphatic carbocycles. The lowest BCUT2D eigenvalue weighted by atomic mass is 10.1.